The number of pyridine rings is 1. The summed E-state index contributed by atoms with van der Waals surface area (Å²) in [6.07, 6.45) is 3.59. The number of nitrogens with one attached hydrogen (secondary N) is 1. The average molecular weight is 378 g/mol. The monoisotopic (exact) mass is 378 g/mol. The predicted molar refractivity (Wildman–Crippen MR) is 113 cm³/mol. The van der Waals surface area contributed by atoms with Gasteiger partial charge in [0.25, 0.3) is 0 Å². The molecule has 3 aromatic rings. The zero-order chi connectivity index (χ0) is 19.7. The number of nitrogens with zero attached hydrogens (tertiary/aromatic N) is 4. The van der Waals surface area contributed by atoms with E-state index in [4.69, 9.17) is 15.9 Å². The summed E-state index contributed by atoms with van der Waals surface area (Å²) < 4.78 is 7.44. The molecule has 3 heterocycles. The van der Waals surface area contributed by atoms with Crippen molar-refractivity contribution in [3.63, 3.8) is 0 Å². The third kappa shape index (κ3) is 3.36. The van der Waals surface area contributed by atoms with Gasteiger partial charge >= 0.3 is 0 Å². The number of hydrogen-bond acceptors (Lipinski definition) is 6. The highest BCUT2D eigenvalue weighted by Gasteiger charge is 2.16. The molecule has 7 heteroatoms. The van der Waals surface area contributed by atoms with E-state index < -0.39 is 0 Å². The van der Waals surface area contributed by atoms with Crippen molar-refractivity contribution in [1.29, 1.82) is 5.41 Å². The van der Waals surface area contributed by atoms with Gasteiger partial charge in [-0.3, -0.25) is 5.41 Å². The minimum Gasteiger partial charge on any atom is -0.398 e. The first-order valence-corrected chi connectivity index (χ1v) is 9.31. The first-order chi connectivity index (χ1) is 13.5. The fraction of sp³-hybridized carbons (Fsp3) is 0.286. The maximum Gasteiger partial charge on any atom is 0.129 e. The minimum atomic E-state index is 0. The molecule has 0 aliphatic carbocycles. The number of imidazole rings is 1. The van der Waals surface area contributed by atoms with E-state index in [0.717, 1.165) is 41.6 Å². The van der Waals surface area contributed by atoms with Crippen molar-refractivity contribution >= 4 is 17.2 Å². The van der Waals surface area contributed by atoms with Crippen LogP contribution in [0.5, 0.6) is 0 Å². The fourth-order valence-electron chi connectivity index (χ4n) is 3.40. The molecule has 0 atom stereocenters. The number of benzene rings is 1. The van der Waals surface area contributed by atoms with E-state index in [1.54, 1.807) is 6.20 Å². The second-order valence-electron chi connectivity index (χ2n) is 6.93. The van der Waals surface area contributed by atoms with Gasteiger partial charge in [-0.1, -0.05) is 6.07 Å². The summed E-state index contributed by atoms with van der Waals surface area (Å²) in [5.41, 5.74) is 10.7. The molecule has 1 fully saturated rings. The highest BCUT2D eigenvalue weighted by molar-refractivity contribution is 6.14. The van der Waals surface area contributed by atoms with Crippen LogP contribution in [0.4, 0.5) is 11.5 Å². The number of nitrogens with two attached hydrogens (primary N) is 1. The van der Waals surface area contributed by atoms with Crippen molar-refractivity contribution in [3.8, 4) is 11.3 Å². The van der Waals surface area contributed by atoms with Crippen LogP contribution in [-0.4, -0.2) is 46.6 Å². The van der Waals surface area contributed by atoms with Crippen molar-refractivity contribution in [1.82, 2.24) is 14.5 Å². The Balaban J connectivity index is 0.00000240. The fourth-order valence-corrected chi connectivity index (χ4v) is 3.40. The zero-order valence-corrected chi connectivity index (χ0v) is 16.1. The number of anilines is 2. The Morgan fingerprint density at radius 1 is 1.18 bits per heavy atom. The summed E-state index contributed by atoms with van der Waals surface area (Å²) >= 11 is 0. The molecule has 0 spiro atoms. The Kier molecular flexibility index (Phi) is 4.83. The van der Waals surface area contributed by atoms with E-state index >= 15 is 0 Å². The normalized spacial score (nSPS) is 14.3. The van der Waals surface area contributed by atoms with Crippen molar-refractivity contribution in [2.45, 2.75) is 6.92 Å². The van der Waals surface area contributed by atoms with Gasteiger partial charge in [0, 0.05) is 50.1 Å². The molecule has 28 heavy (non-hydrogen) atoms. The molecular formula is C21H26N6O. The van der Waals surface area contributed by atoms with Crippen molar-refractivity contribution in [2.24, 2.45) is 7.05 Å². The van der Waals surface area contributed by atoms with E-state index in [-0.39, 0.29) is 1.43 Å². The number of hydrogen-bond donors (Lipinski definition) is 2. The van der Waals surface area contributed by atoms with Gasteiger partial charge in [-0.25, -0.2) is 9.97 Å². The third-order valence-corrected chi connectivity index (χ3v) is 5.21. The van der Waals surface area contributed by atoms with Crippen molar-refractivity contribution in [2.75, 3.05) is 36.9 Å². The van der Waals surface area contributed by atoms with E-state index in [2.05, 4.69) is 14.9 Å². The lowest BCUT2D eigenvalue weighted by molar-refractivity contribution is 0.122. The van der Waals surface area contributed by atoms with Crippen LogP contribution in [0.2, 0.25) is 0 Å². The Bertz CT molecular complexity index is 1030. The first-order valence-electron chi connectivity index (χ1n) is 9.31. The lowest BCUT2D eigenvalue weighted by atomic mass is 9.98. The maximum atomic E-state index is 8.77. The lowest BCUT2D eigenvalue weighted by Crippen LogP contribution is -2.36. The van der Waals surface area contributed by atoms with Gasteiger partial charge in [0.05, 0.1) is 30.8 Å². The van der Waals surface area contributed by atoms with Crippen LogP contribution < -0.4 is 10.6 Å². The largest absolute Gasteiger partial charge is 0.398 e. The topological polar surface area (TPSA) is 93.1 Å². The first kappa shape index (κ1) is 18.2. The summed E-state index contributed by atoms with van der Waals surface area (Å²) in [4.78, 5) is 11.0. The van der Waals surface area contributed by atoms with Crippen LogP contribution in [0.1, 0.15) is 18.4 Å². The quantitative estimate of drug-likeness (QED) is 0.538. The Morgan fingerprint density at radius 3 is 2.68 bits per heavy atom. The number of aryl methyl sites for hydroxylation is 1. The van der Waals surface area contributed by atoms with E-state index in [0.29, 0.717) is 30.2 Å². The molecule has 1 aliphatic rings. The van der Waals surface area contributed by atoms with Crippen LogP contribution in [-0.2, 0) is 11.8 Å². The Hall–Kier alpha value is -3.19. The molecular weight excluding hydrogens is 352 g/mol. The summed E-state index contributed by atoms with van der Waals surface area (Å²) in [6.45, 7) is 4.97. The van der Waals surface area contributed by atoms with Crippen LogP contribution in [0, 0.1) is 12.3 Å². The molecule has 0 amide bonds. The number of morpholine rings is 1. The Labute approximate surface area is 165 Å². The van der Waals surface area contributed by atoms with Gasteiger partial charge in [0.15, 0.2) is 0 Å². The van der Waals surface area contributed by atoms with Gasteiger partial charge in [-0.15, -0.1) is 0 Å². The lowest BCUT2D eigenvalue weighted by Gasteiger charge is -2.28. The molecule has 1 aliphatic heterocycles. The predicted octanol–water partition coefficient (Wildman–Crippen LogP) is 2.87. The molecule has 1 aromatic carbocycles. The summed E-state index contributed by atoms with van der Waals surface area (Å²) in [7, 11) is 1.98. The molecule has 0 saturated carbocycles. The van der Waals surface area contributed by atoms with Crippen LogP contribution in [0.3, 0.4) is 0 Å². The van der Waals surface area contributed by atoms with E-state index in [9.17, 15) is 0 Å². The second kappa shape index (κ2) is 7.44. The zero-order valence-electron chi connectivity index (χ0n) is 16.1. The molecule has 3 N–H and O–H groups in total. The van der Waals surface area contributed by atoms with Crippen molar-refractivity contribution < 1.29 is 6.16 Å². The Morgan fingerprint density at radius 2 is 1.96 bits per heavy atom. The van der Waals surface area contributed by atoms with E-state index in [1.807, 2.05) is 55.1 Å². The highest BCUT2D eigenvalue weighted by atomic mass is 16.5. The highest BCUT2D eigenvalue weighted by Crippen LogP contribution is 2.26. The van der Waals surface area contributed by atoms with Gasteiger partial charge < -0.3 is 19.9 Å². The van der Waals surface area contributed by atoms with E-state index in [1.165, 1.54) is 0 Å². The molecule has 146 valence electrons. The third-order valence-electron chi connectivity index (χ3n) is 5.21. The van der Waals surface area contributed by atoms with Gasteiger partial charge in [0.2, 0.25) is 0 Å². The SMILES string of the molecule is Cc1ncc(-c2ccc(N)c(C(=N)c3ccnc(N4CCOCC4)c3)c2)n1C.[HH]. The summed E-state index contributed by atoms with van der Waals surface area (Å²) in [5, 5.41) is 8.77. The van der Waals surface area contributed by atoms with Gasteiger partial charge in [0.1, 0.15) is 11.6 Å². The standard InChI is InChI=1S/C21H24N6O.H2/c1-14-25-13-19(26(14)2)15-3-4-18(22)17(11-15)21(23)16-5-6-24-20(12-16)27-7-9-28-10-8-27;/h3-6,11-13,23H,7-10,22H2,1-2H3;1H. The van der Waals surface area contributed by atoms with Gasteiger partial charge in [-0.05, 0) is 31.2 Å². The van der Waals surface area contributed by atoms with Crippen LogP contribution in [0.15, 0.2) is 42.7 Å². The molecule has 7 nitrogen and oxygen atoms in total. The van der Waals surface area contributed by atoms with Crippen LogP contribution in [0.25, 0.3) is 11.3 Å². The number of rotatable bonds is 4. The van der Waals surface area contributed by atoms with Crippen molar-refractivity contribution in [3.05, 3.63) is 59.7 Å². The average Bonchev–Trinajstić information content (AvgIpc) is 3.07. The maximum absolute atomic E-state index is 8.77. The van der Waals surface area contributed by atoms with Gasteiger partial charge in [-0.2, -0.15) is 0 Å². The number of nitrogen functional groups attached to an aromatic ring is 1. The second-order valence-corrected chi connectivity index (χ2v) is 6.93. The minimum absolute atomic E-state index is 0. The summed E-state index contributed by atoms with van der Waals surface area (Å²) in [6, 6.07) is 9.59. The molecule has 0 unspecified atom stereocenters. The summed E-state index contributed by atoms with van der Waals surface area (Å²) in [5.74, 6) is 1.80. The number of aromatic nitrogens is 3. The molecule has 2 aromatic heterocycles. The van der Waals surface area contributed by atoms with Crippen LogP contribution >= 0.6 is 0 Å². The smallest absolute Gasteiger partial charge is 0.129 e. The molecule has 0 radical (unpaired) electrons. The molecule has 0 bridgehead atoms. The molecule has 1 saturated heterocycles. The molecule has 4 rings (SSSR count). The number of ether oxygens (including phenoxy) is 1.